The summed E-state index contributed by atoms with van der Waals surface area (Å²) in [5.41, 5.74) is 0. The molecule has 98 valence electrons. The van der Waals surface area contributed by atoms with Crippen molar-refractivity contribution < 1.29 is 4.79 Å². The lowest BCUT2D eigenvalue weighted by Crippen LogP contribution is -2.34. The molecule has 1 unspecified atom stereocenters. The highest BCUT2D eigenvalue weighted by molar-refractivity contribution is 5.75. The Balaban J connectivity index is 1.48. The maximum atomic E-state index is 11.6. The zero-order chi connectivity index (χ0) is 11.9. The minimum atomic E-state index is 0.220. The summed E-state index contributed by atoms with van der Waals surface area (Å²) >= 11 is 0. The van der Waals surface area contributed by atoms with Crippen LogP contribution in [0.25, 0.3) is 0 Å². The summed E-state index contributed by atoms with van der Waals surface area (Å²) in [6.45, 7) is 5.38. The number of hydrogen-bond donors (Lipinski definition) is 2. The average molecular weight is 239 g/mol. The summed E-state index contributed by atoms with van der Waals surface area (Å²) in [4.78, 5) is 14.0. The molecule has 4 nitrogen and oxygen atoms in total. The Kier molecular flexibility index (Phi) is 5.26. The maximum Gasteiger partial charge on any atom is 0.220 e. The molecule has 17 heavy (non-hydrogen) atoms. The fourth-order valence-corrected chi connectivity index (χ4v) is 2.76. The summed E-state index contributed by atoms with van der Waals surface area (Å²) < 4.78 is 0. The lowest BCUT2D eigenvalue weighted by atomic mass is 10.1. The highest BCUT2D eigenvalue weighted by Crippen LogP contribution is 2.10. The Hall–Kier alpha value is -0.610. The van der Waals surface area contributed by atoms with Crippen LogP contribution in [-0.4, -0.2) is 49.6 Å². The molecule has 2 aliphatic rings. The molecule has 0 aromatic heterocycles. The topological polar surface area (TPSA) is 44.4 Å². The standard InChI is InChI=1S/C13H25N3O/c17-13(6-5-12-4-3-7-14-12)15-8-11-16-9-1-2-10-16/h12,14H,1-11H2,(H,15,17). The number of nitrogens with one attached hydrogen (secondary N) is 2. The van der Waals surface area contributed by atoms with Crippen LogP contribution in [0.15, 0.2) is 0 Å². The Morgan fingerprint density at radius 1 is 1.29 bits per heavy atom. The lowest BCUT2D eigenvalue weighted by molar-refractivity contribution is -0.121. The summed E-state index contributed by atoms with van der Waals surface area (Å²) in [7, 11) is 0. The monoisotopic (exact) mass is 239 g/mol. The van der Waals surface area contributed by atoms with Crippen LogP contribution in [0.3, 0.4) is 0 Å². The van der Waals surface area contributed by atoms with Gasteiger partial charge in [-0.1, -0.05) is 0 Å². The van der Waals surface area contributed by atoms with E-state index in [1.165, 1.54) is 38.8 Å². The highest BCUT2D eigenvalue weighted by atomic mass is 16.1. The predicted molar refractivity (Wildman–Crippen MR) is 68.9 cm³/mol. The van der Waals surface area contributed by atoms with Gasteiger partial charge in [-0.25, -0.2) is 0 Å². The van der Waals surface area contributed by atoms with Crippen LogP contribution in [0.1, 0.15) is 38.5 Å². The molecule has 0 bridgehead atoms. The third-order valence-corrected chi connectivity index (χ3v) is 3.83. The second-order valence-corrected chi connectivity index (χ2v) is 5.23. The SMILES string of the molecule is O=C(CCC1CCCN1)NCCN1CCCC1. The molecule has 0 radical (unpaired) electrons. The number of hydrogen-bond acceptors (Lipinski definition) is 3. The second-order valence-electron chi connectivity index (χ2n) is 5.23. The molecular weight excluding hydrogens is 214 g/mol. The molecule has 2 N–H and O–H groups in total. The van der Waals surface area contributed by atoms with Crippen LogP contribution < -0.4 is 10.6 Å². The van der Waals surface area contributed by atoms with Crippen molar-refractivity contribution in [3.63, 3.8) is 0 Å². The average Bonchev–Trinajstić information content (AvgIpc) is 2.99. The molecule has 2 fully saturated rings. The molecule has 1 amide bonds. The molecule has 2 saturated heterocycles. The molecule has 0 spiro atoms. The first-order chi connectivity index (χ1) is 8.34. The van der Waals surface area contributed by atoms with Crippen molar-refractivity contribution in [2.75, 3.05) is 32.7 Å². The zero-order valence-corrected chi connectivity index (χ0v) is 10.7. The van der Waals surface area contributed by atoms with E-state index in [1.807, 2.05) is 0 Å². The van der Waals surface area contributed by atoms with Crippen molar-refractivity contribution in [2.24, 2.45) is 0 Å². The van der Waals surface area contributed by atoms with Gasteiger partial charge in [-0.3, -0.25) is 4.79 Å². The molecule has 0 aromatic rings. The summed E-state index contributed by atoms with van der Waals surface area (Å²) in [5, 5.41) is 6.45. The van der Waals surface area contributed by atoms with Gasteiger partial charge in [-0.15, -0.1) is 0 Å². The normalized spacial score (nSPS) is 25.3. The Morgan fingerprint density at radius 2 is 2.12 bits per heavy atom. The molecule has 4 heteroatoms. The van der Waals surface area contributed by atoms with Crippen molar-refractivity contribution in [3.05, 3.63) is 0 Å². The summed E-state index contributed by atoms with van der Waals surface area (Å²) in [6.07, 6.45) is 6.82. The molecular formula is C13H25N3O. The first kappa shape index (κ1) is 12.8. The van der Waals surface area contributed by atoms with E-state index in [0.717, 1.165) is 26.1 Å². The molecule has 1 atom stereocenters. The van der Waals surface area contributed by atoms with Crippen LogP contribution in [0.4, 0.5) is 0 Å². The molecule has 2 heterocycles. The number of amides is 1. The fraction of sp³-hybridized carbons (Fsp3) is 0.923. The van der Waals surface area contributed by atoms with Crippen molar-refractivity contribution in [2.45, 2.75) is 44.6 Å². The number of carbonyl (C=O) groups excluding carboxylic acids is 1. The highest BCUT2D eigenvalue weighted by Gasteiger charge is 2.15. The molecule has 2 rings (SSSR count). The van der Waals surface area contributed by atoms with E-state index < -0.39 is 0 Å². The third kappa shape index (κ3) is 4.64. The van der Waals surface area contributed by atoms with Crippen LogP contribution in [-0.2, 0) is 4.79 Å². The van der Waals surface area contributed by atoms with Crippen molar-refractivity contribution in [1.29, 1.82) is 0 Å². The van der Waals surface area contributed by atoms with Gasteiger partial charge in [0.05, 0.1) is 0 Å². The predicted octanol–water partition coefficient (Wildman–Crippen LogP) is 0.731. The Bertz CT molecular complexity index is 233. The lowest BCUT2D eigenvalue weighted by Gasteiger charge is -2.15. The maximum absolute atomic E-state index is 11.6. The number of nitrogens with zero attached hydrogens (tertiary/aromatic N) is 1. The fourth-order valence-electron chi connectivity index (χ4n) is 2.76. The molecule has 0 aromatic carbocycles. The van der Waals surface area contributed by atoms with Crippen LogP contribution in [0.5, 0.6) is 0 Å². The van der Waals surface area contributed by atoms with E-state index in [4.69, 9.17) is 0 Å². The van der Waals surface area contributed by atoms with E-state index in [1.54, 1.807) is 0 Å². The zero-order valence-electron chi connectivity index (χ0n) is 10.7. The van der Waals surface area contributed by atoms with Gasteiger partial charge in [-0.2, -0.15) is 0 Å². The first-order valence-corrected chi connectivity index (χ1v) is 7.07. The van der Waals surface area contributed by atoms with Crippen LogP contribution in [0.2, 0.25) is 0 Å². The van der Waals surface area contributed by atoms with Crippen LogP contribution in [0, 0.1) is 0 Å². The third-order valence-electron chi connectivity index (χ3n) is 3.83. The van der Waals surface area contributed by atoms with E-state index in [9.17, 15) is 4.79 Å². The summed E-state index contributed by atoms with van der Waals surface area (Å²) in [6, 6.07) is 0.583. The van der Waals surface area contributed by atoms with Crippen molar-refractivity contribution in [1.82, 2.24) is 15.5 Å². The Morgan fingerprint density at radius 3 is 2.82 bits per heavy atom. The van der Waals surface area contributed by atoms with Gasteiger partial charge < -0.3 is 15.5 Å². The van der Waals surface area contributed by atoms with Crippen molar-refractivity contribution in [3.8, 4) is 0 Å². The number of carbonyl (C=O) groups is 1. The van der Waals surface area contributed by atoms with Gasteiger partial charge in [0.25, 0.3) is 0 Å². The second kappa shape index (κ2) is 6.97. The van der Waals surface area contributed by atoms with Gasteiger partial charge in [0.2, 0.25) is 5.91 Å². The van der Waals surface area contributed by atoms with E-state index in [0.29, 0.717) is 12.5 Å². The van der Waals surface area contributed by atoms with Gasteiger partial charge in [0.15, 0.2) is 0 Å². The van der Waals surface area contributed by atoms with Gasteiger partial charge in [-0.05, 0) is 51.7 Å². The number of likely N-dealkylation sites (tertiary alicyclic amines) is 1. The van der Waals surface area contributed by atoms with E-state index >= 15 is 0 Å². The smallest absolute Gasteiger partial charge is 0.220 e. The van der Waals surface area contributed by atoms with Gasteiger partial charge in [0.1, 0.15) is 0 Å². The van der Waals surface area contributed by atoms with Gasteiger partial charge in [0, 0.05) is 25.6 Å². The van der Waals surface area contributed by atoms with E-state index in [-0.39, 0.29) is 5.91 Å². The quantitative estimate of drug-likeness (QED) is 0.718. The minimum Gasteiger partial charge on any atom is -0.355 e. The largest absolute Gasteiger partial charge is 0.355 e. The minimum absolute atomic E-state index is 0.220. The van der Waals surface area contributed by atoms with Gasteiger partial charge >= 0.3 is 0 Å². The van der Waals surface area contributed by atoms with Crippen molar-refractivity contribution >= 4 is 5.91 Å². The molecule has 0 aliphatic carbocycles. The van der Waals surface area contributed by atoms with Crippen LogP contribution >= 0.6 is 0 Å². The first-order valence-electron chi connectivity index (χ1n) is 7.07. The molecule has 2 aliphatic heterocycles. The van der Waals surface area contributed by atoms with E-state index in [2.05, 4.69) is 15.5 Å². The summed E-state index contributed by atoms with van der Waals surface area (Å²) in [5.74, 6) is 0.220. The Labute approximate surface area is 104 Å². The number of rotatable bonds is 6. The molecule has 0 saturated carbocycles.